The molecule has 1 saturated heterocycles. The molecule has 1 fully saturated rings. The minimum atomic E-state index is -5.01. The lowest BCUT2D eigenvalue weighted by Gasteiger charge is -2.20. The molecule has 1 aromatic heterocycles. The zero-order chi connectivity index (χ0) is 37.2. The largest absolute Gasteiger partial charge is 0.472 e. The summed E-state index contributed by atoms with van der Waals surface area (Å²) in [6.07, 6.45) is -0.279. The Bertz CT molecular complexity index is 1860. The number of H-pyrrole nitrogens is 1. The van der Waals surface area contributed by atoms with E-state index in [1.807, 2.05) is 43.3 Å². The summed E-state index contributed by atoms with van der Waals surface area (Å²) in [6.45, 7) is 1.12. The van der Waals surface area contributed by atoms with Gasteiger partial charge in [0.15, 0.2) is 0 Å². The van der Waals surface area contributed by atoms with Crippen LogP contribution in [0.25, 0.3) is 0 Å². The first kappa shape index (κ1) is 39.9. The molecule has 4 rings (SSSR count). The number of carbonyl (C=O) groups is 1. The van der Waals surface area contributed by atoms with E-state index in [-0.39, 0.29) is 24.5 Å². The van der Waals surface area contributed by atoms with E-state index >= 15 is 0 Å². The summed E-state index contributed by atoms with van der Waals surface area (Å²) >= 11 is 0. The maximum atomic E-state index is 12.5. The van der Waals surface area contributed by atoms with Crippen LogP contribution in [-0.2, 0) is 27.4 Å². The van der Waals surface area contributed by atoms with Crippen molar-refractivity contribution in [3.8, 4) is 0 Å². The molecule has 0 bridgehead atoms. The third-order valence-electron chi connectivity index (χ3n) is 7.70. The van der Waals surface area contributed by atoms with E-state index in [1.54, 1.807) is 24.3 Å². The summed E-state index contributed by atoms with van der Waals surface area (Å²) in [5.74, 6) is -0.230. The number of rotatable bonds is 18. The molecule has 0 saturated carbocycles. The van der Waals surface area contributed by atoms with Gasteiger partial charge in [-0.25, -0.2) is 13.9 Å². The summed E-state index contributed by atoms with van der Waals surface area (Å²) in [4.78, 5) is 69.3. The number of phosphoric acid groups is 2. The van der Waals surface area contributed by atoms with Gasteiger partial charge < -0.3 is 29.6 Å². The predicted molar refractivity (Wildman–Crippen MR) is 185 cm³/mol. The van der Waals surface area contributed by atoms with Crippen molar-refractivity contribution in [1.82, 2.24) is 14.9 Å². The summed E-state index contributed by atoms with van der Waals surface area (Å²) in [5.41, 5.74) is 1.62. The number of nitrogens with one attached hydrogen (secondary N) is 2. The number of hydrogen-bond acceptors (Lipinski definition) is 12. The number of hydrogen-bond donors (Lipinski definition) is 5. The van der Waals surface area contributed by atoms with Crippen LogP contribution in [0, 0.1) is 6.92 Å². The van der Waals surface area contributed by atoms with Crippen LogP contribution in [0.3, 0.4) is 0 Å². The lowest BCUT2D eigenvalue weighted by molar-refractivity contribution is -0.0458. The molecule has 4 atom stereocenters. The molecule has 2 heterocycles. The topological polar surface area (TPSA) is 244 Å². The molecule has 1 unspecified atom stereocenters. The van der Waals surface area contributed by atoms with Gasteiger partial charge in [0.1, 0.15) is 18.4 Å². The average molecular weight is 753 g/mol. The molecule has 0 aliphatic carbocycles. The quantitative estimate of drug-likeness (QED) is 0.0695. The second-order valence-electron chi connectivity index (χ2n) is 11.9. The molecule has 20 heteroatoms. The van der Waals surface area contributed by atoms with Crippen molar-refractivity contribution < 1.29 is 46.9 Å². The zero-order valence-electron chi connectivity index (χ0n) is 28.3. The van der Waals surface area contributed by atoms with Crippen LogP contribution >= 0.6 is 15.6 Å². The summed E-state index contributed by atoms with van der Waals surface area (Å²) in [7, 11) is -5.69. The first-order valence-corrected chi connectivity index (χ1v) is 19.0. The fraction of sp³-hybridized carbons (Fsp3) is 0.452. The Morgan fingerprint density at radius 2 is 1.61 bits per heavy atom. The van der Waals surface area contributed by atoms with Crippen molar-refractivity contribution in [2.45, 2.75) is 57.5 Å². The fourth-order valence-corrected chi connectivity index (χ4v) is 6.33. The minimum Gasteiger partial charge on any atom is -0.378 e. The van der Waals surface area contributed by atoms with E-state index in [9.17, 15) is 38.2 Å². The normalized spacial score (nSPS) is 18.9. The number of phosphoric ester groups is 2. The van der Waals surface area contributed by atoms with E-state index in [0.29, 0.717) is 49.2 Å². The number of amides is 1. The number of anilines is 1. The Balaban J connectivity index is 1.13. The molecular formula is C31H42N6O12P2. The van der Waals surface area contributed by atoms with Crippen molar-refractivity contribution in [3.63, 3.8) is 0 Å². The summed E-state index contributed by atoms with van der Waals surface area (Å²) in [6, 6.07) is 14.4. The van der Waals surface area contributed by atoms with Crippen molar-refractivity contribution in [3.05, 3.63) is 86.7 Å². The Morgan fingerprint density at radius 3 is 2.24 bits per heavy atom. The Labute approximate surface area is 293 Å². The number of azo groups is 1. The van der Waals surface area contributed by atoms with Crippen LogP contribution in [0.1, 0.15) is 54.3 Å². The number of unbranched alkanes of at least 4 members (excludes halogenated alkanes) is 3. The smallest absolute Gasteiger partial charge is 0.378 e. The molecule has 0 radical (unpaired) electrons. The molecular weight excluding hydrogens is 710 g/mol. The zero-order valence-corrected chi connectivity index (χ0v) is 30.1. The number of aromatic amines is 1. The lowest BCUT2D eigenvalue weighted by Crippen LogP contribution is -2.33. The third kappa shape index (κ3) is 12.7. The highest BCUT2D eigenvalue weighted by atomic mass is 31.2. The van der Waals surface area contributed by atoms with E-state index in [4.69, 9.17) is 18.3 Å². The monoisotopic (exact) mass is 752 g/mol. The van der Waals surface area contributed by atoms with Gasteiger partial charge in [-0.15, -0.1) is 0 Å². The molecule has 1 amide bonds. The van der Waals surface area contributed by atoms with Crippen LogP contribution in [0.4, 0.5) is 17.1 Å². The van der Waals surface area contributed by atoms with Crippen molar-refractivity contribution in [2.75, 3.05) is 38.8 Å². The molecule has 1 aliphatic heterocycles. The third-order valence-corrected chi connectivity index (χ3v) is 9.23. The Kier molecular flexibility index (Phi) is 14.2. The van der Waals surface area contributed by atoms with Crippen LogP contribution in [0.5, 0.6) is 0 Å². The Morgan fingerprint density at radius 1 is 0.980 bits per heavy atom. The minimum absolute atomic E-state index is 0.117. The van der Waals surface area contributed by atoms with Gasteiger partial charge in [-0.3, -0.25) is 32.7 Å². The van der Waals surface area contributed by atoms with E-state index in [0.717, 1.165) is 10.3 Å². The van der Waals surface area contributed by atoms with Gasteiger partial charge in [0.05, 0.1) is 24.6 Å². The van der Waals surface area contributed by atoms with Gasteiger partial charge in [0.2, 0.25) is 0 Å². The highest BCUT2D eigenvalue weighted by Gasteiger charge is 2.42. The van der Waals surface area contributed by atoms with E-state index in [1.165, 1.54) is 13.1 Å². The number of aryl methyl sites for hydroxylation is 1. The van der Waals surface area contributed by atoms with Crippen LogP contribution in [0.2, 0.25) is 0 Å². The number of benzene rings is 2. The molecule has 1 aliphatic rings. The Hall–Kier alpha value is -3.83. The number of carbonyl (C=O) groups excluding carboxylic acids is 1. The van der Waals surface area contributed by atoms with Crippen molar-refractivity contribution in [2.24, 2.45) is 10.2 Å². The predicted octanol–water partition coefficient (Wildman–Crippen LogP) is 4.22. The molecule has 3 aromatic rings. The van der Waals surface area contributed by atoms with Gasteiger partial charge in [-0.1, -0.05) is 12.8 Å². The fourth-order valence-electron chi connectivity index (χ4n) is 4.99. The number of nitrogens with zero attached hydrogens (tertiary/aromatic N) is 4. The summed E-state index contributed by atoms with van der Waals surface area (Å²) < 4.78 is 45.4. The second-order valence-corrected chi connectivity index (χ2v) is 14.5. The highest BCUT2D eigenvalue weighted by Crippen LogP contribution is 2.47. The number of aromatic nitrogens is 2. The SMILES string of the molecule is Cc1cn([C@H]2C[C@H](OP(=O)(O)O)[C@@H](COP(=O)(O)OCCCCCCNC(=O)c3ccc(N=Nc4ccc(N(C)C)cc4)cc3)O2)c(=O)[nH]c1=O. The van der Waals surface area contributed by atoms with Crippen LogP contribution < -0.4 is 21.5 Å². The van der Waals surface area contributed by atoms with E-state index in [2.05, 4.69) is 20.5 Å². The number of ether oxygens (including phenoxy) is 1. The summed E-state index contributed by atoms with van der Waals surface area (Å²) in [5, 5.41) is 11.3. The highest BCUT2D eigenvalue weighted by molar-refractivity contribution is 7.47. The van der Waals surface area contributed by atoms with Crippen LogP contribution in [-0.4, -0.2) is 76.2 Å². The average Bonchev–Trinajstić information content (AvgIpc) is 3.46. The van der Waals surface area contributed by atoms with Gasteiger partial charge in [-0.05, 0) is 68.3 Å². The maximum absolute atomic E-state index is 12.5. The van der Waals surface area contributed by atoms with Gasteiger partial charge in [-0.2, -0.15) is 10.2 Å². The molecule has 51 heavy (non-hydrogen) atoms. The first-order chi connectivity index (χ1) is 24.1. The van der Waals surface area contributed by atoms with Gasteiger partial charge >= 0.3 is 21.3 Å². The van der Waals surface area contributed by atoms with Gasteiger partial charge in [0, 0.05) is 50.1 Å². The standard InChI is InChI=1S/C31H42N6O12P2/c1-21-19-37(31(40)33-29(21)38)28-18-26(49-50(41,42)43)27(48-28)20-47-51(44,45)46-17-7-5-4-6-16-32-30(39)22-8-10-23(11-9-22)34-35-24-12-14-25(15-13-24)36(2)3/h8-15,19,26-28H,4-7,16-18,20H2,1-3H3,(H,32,39)(H,44,45)(H,33,38,40)(H2,41,42,43)/t26-,27+,28+/m0/s1. The maximum Gasteiger partial charge on any atom is 0.472 e. The first-order valence-electron chi connectivity index (χ1n) is 16.0. The molecule has 2 aromatic carbocycles. The van der Waals surface area contributed by atoms with Crippen molar-refractivity contribution in [1.29, 1.82) is 0 Å². The van der Waals surface area contributed by atoms with Crippen LogP contribution in [0.15, 0.2) is 74.5 Å². The lowest BCUT2D eigenvalue weighted by atomic mass is 10.2. The van der Waals surface area contributed by atoms with Crippen molar-refractivity contribution >= 4 is 38.6 Å². The van der Waals surface area contributed by atoms with E-state index < -0.39 is 51.9 Å². The molecule has 18 nitrogen and oxygen atoms in total. The van der Waals surface area contributed by atoms with Gasteiger partial charge in [0.25, 0.3) is 11.5 Å². The molecule has 0 spiro atoms. The molecule has 278 valence electrons. The molecule has 5 N–H and O–H groups in total. The second kappa shape index (κ2) is 18.1.